The highest BCUT2D eigenvalue weighted by Gasteiger charge is 2.36. The van der Waals surface area contributed by atoms with Gasteiger partial charge >= 0.3 is 5.97 Å². The van der Waals surface area contributed by atoms with Gasteiger partial charge in [0.25, 0.3) is 0 Å². The van der Waals surface area contributed by atoms with Crippen molar-refractivity contribution in [2.45, 2.75) is 39.8 Å². The number of nitrogens with two attached hydrogens (primary N) is 1. The van der Waals surface area contributed by atoms with E-state index < -0.39 is 12.0 Å². The predicted octanol–water partition coefficient (Wildman–Crippen LogP) is 0.524. The molecule has 0 aromatic heterocycles. The van der Waals surface area contributed by atoms with Crippen LogP contribution in [0.15, 0.2) is 24.3 Å². The predicted molar refractivity (Wildman–Crippen MR) is 110 cm³/mol. The third-order valence-corrected chi connectivity index (χ3v) is 3.93. The van der Waals surface area contributed by atoms with Crippen molar-refractivity contribution < 1.29 is 19.5 Å². The van der Waals surface area contributed by atoms with Crippen LogP contribution in [0.2, 0.25) is 0 Å². The smallest absolute Gasteiger partial charge is 0.317 e. The Labute approximate surface area is 171 Å². The van der Waals surface area contributed by atoms with E-state index >= 15 is 0 Å². The summed E-state index contributed by atoms with van der Waals surface area (Å²) in [6.45, 7) is 6.89. The molecular weight excluding hydrogens is 374 g/mol. The van der Waals surface area contributed by atoms with Crippen LogP contribution in [-0.4, -0.2) is 59.3 Å². The van der Waals surface area contributed by atoms with Crippen molar-refractivity contribution >= 4 is 23.6 Å². The monoisotopic (exact) mass is 405 g/mol. The first-order valence-corrected chi connectivity index (χ1v) is 9.54. The molecular formula is C20H31N5O4. The molecule has 1 aliphatic heterocycles. The van der Waals surface area contributed by atoms with Crippen LogP contribution in [0.1, 0.15) is 38.3 Å². The first-order valence-electron chi connectivity index (χ1n) is 9.54. The molecule has 6 N–H and O–H groups in total. The van der Waals surface area contributed by atoms with Crippen molar-refractivity contribution in [3.63, 3.8) is 0 Å². The van der Waals surface area contributed by atoms with Gasteiger partial charge in [-0.05, 0) is 17.9 Å². The lowest BCUT2D eigenvalue weighted by molar-refractivity contribution is -0.147. The summed E-state index contributed by atoms with van der Waals surface area (Å²) in [6, 6.07) is 6.44. The van der Waals surface area contributed by atoms with Gasteiger partial charge in [0.1, 0.15) is 11.9 Å². The van der Waals surface area contributed by atoms with Crippen molar-refractivity contribution in [1.82, 2.24) is 15.5 Å². The number of hydrogen-bond donors (Lipinski definition) is 5. The molecule has 0 radical (unpaired) electrons. The first kappa shape index (κ1) is 24.1. The van der Waals surface area contributed by atoms with Crippen LogP contribution in [0.4, 0.5) is 0 Å². The summed E-state index contributed by atoms with van der Waals surface area (Å²) in [7, 11) is 0. The second-order valence-electron chi connectivity index (χ2n) is 7.45. The maximum absolute atomic E-state index is 12.2. The van der Waals surface area contributed by atoms with Crippen LogP contribution in [0.5, 0.6) is 0 Å². The van der Waals surface area contributed by atoms with E-state index in [1.807, 2.05) is 0 Å². The molecule has 1 fully saturated rings. The lowest BCUT2D eigenvalue weighted by Crippen LogP contribution is -2.59. The Morgan fingerprint density at radius 1 is 1.21 bits per heavy atom. The zero-order chi connectivity index (χ0) is 22.0. The molecule has 0 spiro atoms. The van der Waals surface area contributed by atoms with Gasteiger partial charge in [-0.25, -0.2) is 0 Å². The van der Waals surface area contributed by atoms with Gasteiger partial charge in [-0.3, -0.25) is 25.1 Å². The number of hydrogen-bond acceptors (Lipinski definition) is 5. The highest BCUT2D eigenvalue weighted by atomic mass is 16.4. The number of nitrogen functional groups attached to an aromatic ring is 1. The van der Waals surface area contributed by atoms with E-state index in [2.05, 4.69) is 31.4 Å². The summed E-state index contributed by atoms with van der Waals surface area (Å²) < 4.78 is 0. The minimum absolute atomic E-state index is 0.0179. The number of nitrogens with one attached hydrogen (secondary N) is 3. The van der Waals surface area contributed by atoms with Gasteiger partial charge in [-0.15, -0.1) is 0 Å². The number of rotatable bonds is 8. The molecule has 1 unspecified atom stereocenters. The van der Waals surface area contributed by atoms with E-state index in [-0.39, 0.29) is 30.7 Å². The van der Waals surface area contributed by atoms with Crippen LogP contribution in [-0.2, 0) is 20.9 Å². The minimum atomic E-state index is -1.04. The van der Waals surface area contributed by atoms with Crippen molar-refractivity contribution in [1.29, 1.82) is 5.41 Å². The van der Waals surface area contributed by atoms with Crippen molar-refractivity contribution in [2.24, 2.45) is 11.7 Å². The number of benzene rings is 1. The summed E-state index contributed by atoms with van der Waals surface area (Å²) >= 11 is 0. The zero-order valence-electron chi connectivity index (χ0n) is 17.2. The molecule has 1 aromatic rings. The normalized spacial score (nSPS) is 15.0. The van der Waals surface area contributed by atoms with Gasteiger partial charge in [0.05, 0.1) is 13.1 Å². The Morgan fingerprint density at radius 2 is 1.79 bits per heavy atom. The fraction of sp³-hybridized carbons (Fsp3) is 0.500. The quantitative estimate of drug-likeness (QED) is 0.314. The number of carboxylic acid groups (broad SMARTS) is 1. The van der Waals surface area contributed by atoms with E-state index in [1.54, 1.807) is 24.3 Å². The van der Waals surface area contributed by atoms with Gasteiger partial charge in [-0.2, -0.15) is 0 Å². The molecule has 0 aliphatic carbocycles. The molecule has 2 amide bonds. The maximum Gasteiger partial charge on any atom is 0.317 e. The highest BCUT2D eigenvalue weighted by Crippen LogP contribution is 2.17. The van der Waals surface area contributed by atoms with E-state index in [9.17, 15) is 14.4 Å². The summed E-state index contributed by atoms with van der Waals surface area (Å²) in [5.41, 5.74) is 6.86. The standard InChI is InChI=1S/C16H21N5O4.C4H10/c17-15(18)11-3-1-10(2-4-11)7-20-16(25)12-5-6-21(12)13(22)8-19-9-14(23)24;1-4(2)3/h1-4,12,19H,5-9H2,(H3,17,18)(H,20,25)(H,23,24);4H,1-3H3. The Bertz CT molecular complexity index is 715. The molecule has 1 aromatic carbocycles. The van der Waals surface area contributed by atoms with Crippen LogP contribution in [0.25, 0.3) is 0 Å². The number of carbonyl (C=O) groups is 3. The first-order chi connectivity index (χ1) is 13.6. The molecule has 0 bridgehead atoms. The fourth-order valence-corrected chi connectivity index (χ4v) is 2.45. The number of likely N-dealkylation sites (tertiary alicyclic amines) is 1. The number of carboxylic acids is 1. The van der Waals surface area contributed by atoms with Crippen molar-refractivity contribution in [3.8, 4) is 0 Å². The summed E-state index contributed by atoms with van der Waals surface area (Å²) in [5.74, 6) is -0.760. The van der Waals surface area contributed by atoms with E-state index in [4.69, 9.17) is 16.2 Å². The summed E-state index contributed by atoms with van der Waals surface area (Å²) in [4.78, 5) is 36.0. The molecule has 0 saturated carbocycles. The van der Waals surface area contributed by atoms with E-state index in [0.29, 0.717) is 25.1 Å². The van der Waals surface area contributed by atoms with E-state index in [1.165, 1.54) is 4.90 Å². The number of aliphatic carboxylic acids is 1. The molecule has 1 heterocycles. The van der Waals surface area contributed by atoms with Gasteiger partial charge in [0.15, 0.2) is 0 Å². The Kier molecular flexibility index (Phi) is 9.81. The van der Waals surface area contributed by atoms with Crippen molar-refractivity contribution in [2.75, 3.05) is 19.6 Å². The van der Waals surface area contributed by atoms with Gasteiger partial charge in [0, 0.05) is 18.7 Å². The third-order valence-electron chi connectivity index (χ3n) is 3.93. The second kappa shape index (κ2) is 11.8. The molecule has 1 atom stereocenters. The summed E-state index contributed by atoms with van der Waals surface area (Å²) in [6.07, 6.45) is 0.583. The van der Waals surface area contributed by atoms with E-state index in [0.717, 1.165) is 11.5 Å². The van der Waals surface area contributed by atoms with Crippen LogP contribution in [0.3, 0.4) is 0 Å². The Hall–Kier alpha value is -2.94. The molecule has 1 saturated heterocycles. The zero-order valence-corrected chi connectivity index (χ0v) is 17.2. The van der Waals surface area contributed by atoms with Crippen LogP contribution in [0, 0.1) is 11.3 Å². The molecule has 1 aliphatic rings. The van der Waals surface area contributed by atoms with Crippen molar-refractivity contribution in [3.05, 3.63) is 35.4 Å². The van der Waals surface area contributed by atoms with Crippen LogP contribution >= 0.6 is 0 Å². The minimum Gasteiger partial charge on any atom is -0.480 e. The lowest BCUT2D eigenvalue weighted by atomic mass is 10.0. The average molecular weight is 405 g/mol. The molecule has 9 nitrogen and oxygen atoms in total. The lowest BCUT2D eigenvalue weighted by Gasteiger charge is -2.39. The number of amidine groups is 1. The average Bonchev–Trinajstić information content (AvgIpc) is 2.58. The topological polar surface area (TPSA) is 149 Å². The molecule has 29 heavy (non-hydrogen) atoms. The summed E-state index contributed by atoms with van der Waals surface area (Å²) in [5, 5.41) is 21.2. The molecule has 2 rings (SSSR count). The Morgan fingerprint density at radius 3 is 2.24 bits per heavy atom. The highest BCUT2D eigenvalue weighted by molar-refractivity contribution is 5.95. The SMILES string of the molecule is CC(C)C.N=C(N)c1ccc(CNC(=O)C2CCN2C(=O)CNCC(=O)O)cc1. The number of amides is 2. The number of carbonyl (C=O) groups excluding carboxylic acids is 2. The van der Waals surface area contributed by atoms with Gasteiger partial charge in [-0.1, -0.05) is 45.0 Å². The van der Waals surface area contributed by atoms with Crippen LogP contribution < -0.4 is 16.4 Å². The maximum atomic E-state index is 12.2. The molecule has 9 heteroatoms. The Balaban J connectivity index is 0.000000960. The largest absolute Gasteiger partial charge is 0.480 e. The fourth-order valence-electron chi connectivity index (χ4n) is 2.45. The second-order valence-corrected chi connectivity index (χ2v) is 7.45. The van der Waals surface area contributed by atoms with Gasteiger partial charge in [0.2, 0.25) is 11.8 Å². The molecule has 160 valence electrons. The number of nitrogens with zero attached hydrogens (tertiary/aromatic N) is 1. The van der Waals surface area contributed by atoms with Gasteiger partial charge < -0.3 is 21.1 Å². The third kappa shape index (κ3) is 8.73.